The molecule has 10 nitrogen and oxygen atoms in total. The number of amides is 2. The van der Waals surface area contributed by atoms with Crippen molar-refractivity contribution in [3.63, 3.8) is 0 Å². The van der Waals surface area contributed by atoms with Crippen LogP contribution >= 0.6 is 0 Å². The van der Waals surface area contributed by atoms with Gasteiger partial charge in [0.1, 0.15) is 11.5 Å². The van der Waals surface area contributed by atoms with E-state index in [9.17, 15) is 14.0 Å². The van der Waals surface area contributed by atoms with E-state index < -0.39 is 11.9 Å². The number of nitrogens with zero attached hydrogens (tertiary/aromatic N) is 5. The van der Waals surface area contributed by atoms with Gasteiger partial charge in [0.15, 0.2) is 5.82 Å². The number of carbonyl (C=O) groups excluding carboxylic acids is 1. The van der Waals surface area contributed by atoms with Crippen molar-refractivity contribution in [3.05, 3.63) is 53.9 Å². The SMILES string of the molecule is Cc1ncc(-c2nc(Nc3ccc(C(=O)NC4CCCN(C(=O)O)C4)cc3)ncc2F)n1C(C)C. The highest BCUT2D eigenvalue weighted by molar-refractivity contribution is 5.94. The van der Waals surface area contributed by atoms with Gasteiger partial charge in [0.2, 0.25) is 5.95 Å². The van der Waals surface area contributed by atoms with Crippen molar-refractivity contribution in [1.82, 2.24) is 29.7 Å². The van der Waals surface area contributed by atoms with Crippen molar-refractivity contribution in [1.29, 1.82) is 0 Å². The summed E-state index contributed by atoms with van der Waals surface area (Å²) in [6, 6.07) is 6.56. The molecule has 3 heterocycles. The molecule has 0 spiro atoms. The van der Waals surface area contributed by atoms with Gasteiger partial charge in [-0.15, -0.1) is 0 Å². The first-order valence-electron chi connectivity index (χ1n) is 11.5. The maximum absolute atomic E-state index is 14.6. The third-order valence-corrected chi connectivity index (χ3v) is 5.92. The number of anilines is 2. The number of carboxylic acid groups (broad SMARTS) is 1. The zero-order valence-electron chi connectivity index (χ0n) is 19.8. The molecule has 4 rings (SSSR count). The van der Waals surface area contributed by atoms with Gasteiger partial charge in [0, 0.05) is 36.4 Å². The molecule has 2 aromatic heterocycles. The van der Waals surface area contributed by atoms with Crippen LogP contribution in [0.4, 0.5) is 20.8 Å². The smallest absolute Gasteiger partial charge is 0.407 e. The van der Waals surface area contributed by atoms with Gasteiger partial charge in [-0.1, -0.05) is 0 Å². The molecule has 0 bridgehead atoms. The fraction of sp³-hybridized carbons (Fsp3) is 0.375. The third-order valence-electron chi connectivity index (χ3n) is 5.92. The number of rotatable bonds is 6. The predicted molar refractivity (Wildman–Crippen MR) is 128 cm³/mol. The monoisotopic (exact) mass is 481 g/mol. The second-order valence-corrected chi connectivity index (χ2v) is 8.79. The van der Waals surface area contributed by atoms with E-state index in [0.717, 1.165) is 18.4 Å². The highest BCUT2D eigenvalue weighted by Crippen LogP contribution is 2.26. The van der Waals surface area contributed by atoms with Crippen molar-refractivity contribution in [3.8, 4) is 11.4 Å². The minimum absolute atomic E-state index is 0.0813. The van der Waals surface area contributed by atoms with Gasteiger partial charge < -0.3 is 25.2 Å². The number of imidazole rings is 1. The average molecular weight is 482 g/mol. The number of aryl methyl sites for hydroxylation is 1. The van der Waals surface area contributed by atoms with Gasteiger partial charge in [0.05, 0.1) is 18.1 Å². The van der Waals surface area contributed by atoms with E-state index in [-0.39, 0.29) is 36.2 Å². The molecule has 1 aromatic carbocycles. The Hall–Kier alpha value is -4.02. The molecule has 1 fully saturated rings. The molecule has 3 aromatic rings. The molecule has 1 atom stereocenters. The van der Waals surface area contributed by atoms with E-state index in [1.165, 1.54) is 4.90 Å². The molecule has 2 amide bonds. The van der Waals surface area contributed by atoms with Gasteiger partial charge in [-0.2, -0.15) is 0 Å². The molecule has 0 saturated carbocycles. The summed E-state index contributed by atoms with van der Waals surface area (Å²) in [7, 11) is 0. The molecular formula is C24H28FN7O3. The Bertz CT molecular complexity index is 1230. The highest BCUT2D eigenvalue weighted by atomic mass is 19.1. The Morgan fingerprint density at radius 2 is 1.91 bits per heavy atom. The van der Waals surface area contributed by atoms with Crippen LogP contribution < -0.4 is 10.6 Å². The van der Waals surface area contributed by atoms with Gasteiger partial charge in [-0.3, -0.25) is 4.79 Å². The molecule has 1 unspecified atom stereocenters. The number of aromatic nitrogens is 4. The topological polar surface area (TPSA) is 125 Å². The van der Waals surface area contributed by atoms with E-state index >= 15 is 0 Å². The lowest BCUT2D eigenvalue weighted by Crippen LogP contribution is -2.49. The van der Waals surface area contributed by atoms with Gasteiger partial charge in [-0.05, 0) is 57.9 Å². The summed E-state index contributed by atoms with van der Waals surface area (Å²) in [5, 5.41) is 15.1. The summed E-state index contributed by atoms with van der Waals surface area (Å²) < 4.78 is 16.5. The summed E-state index contributed by atoms with van der Waals surface area (Å²) in [4.78, 5) is 37.8. The van der Waals surface area contributed by atoms with E-state index in [1.54, 1.807) is 30.5 Å². The first-order chi connectivity index (χ1) is 16.7. The largest absolute Gasteiger partial charge is 0.465 e. The summed E-state index contributed by atoms with van der Waals surface area (Å²) in [5.74, 6) is 0.156. The van der Waals surface area contributed by atoms with Gasteiger partial charge in [-0.25, -0.2) is 24.1 Å². The third kappa shape index (κ3) is 5.39. The molecule has 1 aliphatic heterocycles. The first kappa shape index (κ1) is 24.1. The molecule has 11 heteroatoms. The highest BCUT2D eigenvalue weighted by Gasteiger charge is 2.24. The van der Waals surface area contributed by atoms with E-state index in [4.69, 9.17) is 5.11 Å². The van der Waals surface area contributed by atoms with Crippen LogP contribution in [-0.4, -0.2) is 60.7 Å². The number of nitrogens with one attached hydrogen (secondary N) is 2. The zero-order chi connectivity index (χ0) is 25.1. The van der Waals surface area contributed by atoms with Crippen LogP contribution in [0, 0.1) is 12.7 Å². The fourth-order valence-corrected chi connectivity index (χ4v) is 4.26. The molecule has 1 saturated heterocycles. The number of likely N-dealkylation sites (tertiary alicyclic amines) is 1. The van der Waals surface area contributed by atoms with Crippen molar-refractivity contribution < 1.29 is 19.1 Å². The maximum Gasteiger partial charge on any atom is 0.407 e. The second-order valence-electron chi connectivity index (χ2n) is 8.79. The first-order valence-corrected chi connectivity index (χ1v) is 11.5. The van der Waals surface area contributed by atoms with Crippen LogP contribution in [0.5, 0.6) is 0 Å². The minimum Gasteiger partial charge on any atom is -0.465 e. The average Bonchev–Trinajstić information content (AvgIpc) is 3.22. The zero-order valence-corrected chi connectivity index (χ0v) is 19.8. The predicted octanol–water partition coefficient (Wildman–Crippen LogP) is 3.98. The summed E-state index contributed by atoms with van der Waals surface area (Å²) in [5.41, 5.74) is 1.79. The van der Waals surface area contributed by atoms with Crippen LogP contribution in [0.2, 0.25) is 0 Å². The molecular weight excluding hydrogens is 453 g/mol. The van der Waals surface area contributed by atoms with Crippen molar-refractivity contribution >= 4 is 23.6 Å². The Balaban J connectivity index is 1.45. The Kier molecular flexibility index (Phi) is 6.94. The number of carbonyl (C=O) groups is 2. The quantitative estimate of drug-likeness (QED) is 0.486. The van der Waals surface area contributed by atoms with E-state index in [0.29, 0.717) is 29.9 Å². The summed E-state index contributed by atoms with van der Waals surface area (Å²) in [6.45, 7) is 6.60. The molecule has 35 heavy (non-hydrogen) atoms. The lowest BCUT2D eigenvalue weighted by atomic mass is 10.1. The van der Waals surface area contributed by atoms with Gasteiger partial charge in [0.25, 0.3) is 5.91 Å². The Morgan fingerprint density at radius 3 is 2.60 bits per heavy atom. The lowest BCUT2D eigenvalue weighted by molar-refractivity contribution is 0.0888. The molecule has 0 radical (unpaired) electrons. The van der Waals surface area contributed by atoms with Crippen LogP contribution in [0.15, 0.2) is 36.7 Å². The van der Waals surface area contributed by atoms with Crippen LogP contribution in [0.25, 0.3) is 11.4 Å². The van der Waals surface area contributed by atoms with Crippen LogP contribution in [0.1, 0.15) is 48.9 Å². The molecule has 3 N–H and O–H groups in total. The Labute approximate surface area is 202 Å². The maximum atomic E-state index is 14.6. The standard InChI is InChI=1S/C24H28FN7O3/c1-14(2)32-15(3)26-12-20(32)21-19(25)11-27-23(30-21)29-17-8-6-16(7-9-17)22(33)28-18-5-4-10-31(13-18)24(34)35/h6-9,11-12,14,18H,4-5,10,13H2,1-3H3,(H,28,33)(H,34,35)(H,27,29,30). The lowest BCUT2D eigenvalue weighted by Gasteiger charge is -2.31. The van der Waals surface area contributed by atoms with E-state index in [1.807, 2.05) is 25.3 Å². The van der Waals surface area contributed by atoms with Crippen molar-refractivity contribution in [2.24, 2.45) is 0 Å². The summed E-state index contributed by atoms with van der Waals surface area (Å²) >= 11 is 0. The van der Waals surface area contributed by atoms with Crippen LogP contribution in [-0.2, 0) is 0 Å². The minimum atomic E-state index is -0.977. The van der Waals surface area contributed by atoms with Gasteiger partial charge >= 0.3 is 6.09 Å². The normalized spacial score (nSPS) is 15.8. The number of hydrogen-bond donors (Lipinski definition) is 3. The van der Waals surface area contributed by atoms with Crippen LogP contribution in [0.3, 0.4) is 0 Å². The Morgan fingerprint density at radius 1 is 1.17 bits per heavy atom. The van der Waals surface area contributed by atoms with Crippen molar-refractivity contribution in [2.45, 2.75) is 45.7 Å². The molecule has 1 aliphatic rings. The summed E-state index contributed by atoms with van der Waals surface area (Å²) in [6.07, 6.45) is 3.17. The number of hydrogen-bond acceptors (Lipinski definition) is 6. The number of benzene rings is 1. The molecule has 0 aliphatic carbocycles. The number of piperidine rings is 1. The molecule has 184 valence electrons. The fourth-order valence-electron chi connectivity index (χ4n) is 4.26. The second kappa shape index (κ2) is 10.1. The van der Waals surface area contributed by atoms with Crippen molar-refractivity contribution in [2.75, 3.05) is 18.4 Å². The van der Waals surface area contributed by atoms with E-state index in [2.05, 4.69) is 25.6 Å². The number of halogens is 1.